The first-order valence-electron chi connectivity index (χ1n) is 6.22. The fourth-order valence-corrected chi connectivity index (χ4v) is 2.79. The van der Waals surface area contributed by atoms with Crippen LogP contribution in [-0.2, 0) is 4.79 Å². The number of pyridine rings is 1. The minimum Gasteiger partial charge on any atom is -0.389 e. The summed E-state index contributed by atoms with van der Waals surface area (Å²) in [6.45, 7) is 5.23. The van der Waals surface area contributed by atoms with E-state index in [1.807, 2.05) is 24.8 Å². The first kappa shape index (κ1) is 13.7. The number of carbonyl (C=O) groups excluding carboxylic acids is 1. The maximum Gasteiger partial charge on any atom is 0.222 e. The van der Waals surface area contributed by atoms with E-state index in [4.69, 9.17) is 23.7 Å². The average Bonchev–Trinajstić information content (AvgIpc) is 2.76. The van der Waals surface area contributed by atoms with Gasteiger partial charge < -0.3 is 16.4 Å². The molecular weight excluding hydrogens is 260 g/mol. The number of hydrogen-bond acceptors (Lipinski definition) is 4. The van der Waals surface area contributed by atoms with E-state index in [1.54, 1.807) is 0 Å². The first-order chi connectivity index (χ1) is 8.90. The summed E-state index contributed by atoms with van der Waals surface area (Å²) in [6, 6.07) is 1.96. The second-order valence-electron chi connectivity index (χ2n) is 4.98. The van der Waals surface area contributed by atoms with Crippen molar-refractivity contribution < 1.29 is 4.79 Å². The lowest BCUT2D eigenvalue weighted by atomic mass is 10.1. The molecule has 0 spiro atoms. The molecule has 0 aliphatic carbocycles. The van der Waals surface area contributed by atoms with Gasteiger partial charge in [0.15, 0.2) is 0 Å². The molecule has 0 aromatic carbocycles. The molecule has 1 fully saturated rings. The SMILES string of the molecule is Cc1cc(C)c(C(N)=S)c(N2CCC(C(N)=O)C2)n1. The van der Waals surface area contributed by atoms with Crippen molar-refractivity contribution in [2.24, 2.45) is 17.4 Å². The first-order valence-corrected chi connectivity index (χ1v) is 6.63. The van der Waals surface area contributed by atoms with Gasteiger partial charge in [-0.3, -0.25) is 4.79 Å². The van der Waals surface area contributed by atoms with Crippen LogP contribution in [0.1, 0.15) is 23.2 Å². The molecule has 0 saturated carbocycles. The summed E-state index contributed by atoms with van der Waals surface area (Å²) in [6.07, 6.45) is 0.751. The molecule has 5 nitrogen and oxygen atoms in total. The maximum absolute atomic E-state index is 11.3. The number of aryl methyl sites for hydroxylation is 2. The van der Waals surface area contributed by atoms with Crippen LogP contribution in [0.5, 0.6) is 0 Å². The summed E-state index contributed by atoms with van der Waals surface area (Å²) in [7, 11) is 0. The number of hydrogen-bond donors (Lipinski definition) is 2. The number of thiocarbonyl (C=S) groups is 1. The molecule has 4 N–H and O–H groups in total. The van der Waals surface area contributed by atoms with Gasteiger partial charge in [0.2, 0.25) is 5.91 Å². The Labute approximate surface area is 118 Å². The Morgan fingerprint density at radius 2 is 2.16 bits per heavy atom. The van der Waals surface area contributed by atoms with E-state index >= 15 is 0 Å². The third kappa shape index (κ3) is 2.68. The van der Waals surface area contributed by atoms with Crippen LogP contribution in [0.15, 0.2) is 6.07 Å². The molecule has 6 heteroatoms. The Kier molecular flexibility index (Phi) is 3.71. The molecule has 0 bridgehead atoms. The van der Waals surface area contributed by atoms with Crippen LogP contribution in [-0.4, -0.2) is 29.0 Å². The van der Waals surface area contributed by atoms with Crippen molar-refractivity contribution in [1.29, 1.82) is 0 Å². The second-order valence-corrected chi connectivity index (χ2v) is 5.42. The van der Waals surface area contributed by atoms with Gasteiger partial charge in [-0.15, -0.1) is 0 Å². The van der Waals surface area contributed by atoms with Crippen LogP contribution in [0.4, 0.5) is 5.82 Å². The zero-order chi connectivity index (χ0) is 14.2. The van der Waals surface area contributed by atoms with E-state index in [0.29, 0.717) is 11.5 Å². The fraction of sp³-hybridized carbons (Fsp3) is 0.462. The van der Waals surface area contributed by atoms with Gasteiger partial charge in [-0.2, -0.15) is 0 Å². The monoisotopic (exact) mass is 278 g/mol. The van der Waals surface area contributed by atoms with Gasteiger partial charge >= 0.3 is 0 Å². The molecule has 1 atom stereocenters. The van der Waals surface area contributed by atoms with Crippen LogP contribution >= 0.6 is 12.2 Å². The van der Waals surface area contributed by atoms with Crippen molar-refractivity contribution >= 4 is 28.9 Å². The highest BCUT2D eigenvalue weighted by Gasteiger charge is 2.29. The molecule has 0 radical (unpaired) electrons. The predicted molar refractivity (Wildman–Crippen MR) is 79.1 cm³/mol. The molecule has 1 aliphatic heterocycles. The fourth-order valence-electron chi connectivity index (χ4n) is 2.54. The summed E-state index contributed by atoms with van der Waals surface area (Å²) >= 11 is 5.12. The van der Waals surface area contributed by atoms with Crippen LogP contribution in [0.3, 0.4) is 0 Å². The Morgan fingerprint density at radius 3 is 2.68 bits per heavy atom. The summed E-state index contributed by atoms with van der Waals surface area (Å²) in [5.41, 5.74) is 13.9. The summed E-state index contributed by atoms with van der Waals surface area (Å²) in [5.74, 6) is 0.388. The normalized spacial score (nSPS) is 18.6. The molecule has 1 unspecified atom stereocenters. The van der Waals surface area contributed by atoms with E-state index in [2.05, 4.69) is 4.98 Å². The quantitative estimate of drug-likeness (QED) is 0.793. The molecule has 1 aliphatic rings. The van der Waals surface area contributed by atoms with Crippen LogP contribution in [0.2, 0.25) is 0 Å². The highest BCUT2D eigenvalue weighted by Crippen LogP contribution is 2.27. The lowest BCUT2D eigenvalue weighted by Gasteiger charge is -2.22. The zero-order valence-corrected chi connectivity index (χ0v) is 12.0. The third-order valence-electron chi connectivity index (χ3n) is 3.46. The highest BCUT2D eigenvalue weighted by atomic mass is 32.1. The van der Waals surface area contributed by atoms with Crippen molar-refractivity contribution in [3.63, 3.8) is 0 Å². The number of rotatable bonds is 3. The molecule has 1 aromatic rings. The van der Waals surface area contributed by atoms with Crippen LogP contribution in [0.25, 0.3) is 0 Å². The number of nitrogens with zero attached hydrogens (tertiary/aromatic N) is 2. The lowest BCUT2D eigenvalue weighted by molar-refractivity contribution is -0.121. The Balaban J connectivity index is 2.40. The molecule has 102 valence electrons. The van der Waals surface area contributed by atoms with Crippen molar-refractivity contribution in [3.05, 3.63) is 22.9 Å². The topological polar surface area (TPSA) is 85.2 Å². The minimum atomic E-state index is -0.260. The van der Waals surface area contributed by atoms with Gasteiger partial charge in [-0.25, -0.2) is 4.98 Å². The summed E-state index contributed by atoms with van der Waals surface area (Å²) < 4.78 is 0. The lowest BCUT2D eigenvalue weighted by Crippen LogP contribution is -2.29. The van der Waals surface area contributed by atoms with Crippen molar-refractivity contribution in [2.75, 3.05) is 18.0 Å². The van der Waals surface area contributed by atoms with Crippen LogP contribution < -0.4 is 16.4 Å². The van der Waals surface area contributed by atoms with Gasteiger partial charge in [0.25, 0.3) is 0 Å². The van der Waals surface area contributed by atoms with E-state index in [-0.39, 0.29) is 11.8 Å². The van der Waals surface area contributed by atoms with E-state index < -0.39 is 0 Å². The maximum atomic E-state index is 11.3. The van der Waals surface area contributed by atoms with Gasteiger partial charge in [0.05, 0.1) is 11.5 Å². The number of carbonyl (C=O) groups is 1. The van der Waals surface area contributed by atoms with Gasteiger partial charge in [0.1, 0.15) is 10.8 Å². The molecule has 1 aromatic heterocycles. The van der Waals surface area contributed by atoms with Crippen molar-refractivity contribution in [1.82, 2.24) is 4.98 Å². The second kappa shape index (κ2) is 5.13. The van der Waals surface area contributed by atoms with Gasteiger partial charge in [-0.05, 0) is 31.9 Å². The highest BCUT2D eigenvalue weighted by molar-refractivity contribution is 7.80. The summed E-state index contributed by atoms with van der Waals surface area (Å²) in [5, 5.41) is 0. The summed E-state index contributed by atoms with van der Waals surface area (Å²) in [4.78, 5) is 18.2. The molecule has 19 heavy (non-hydrogen) atoms. The number of aromatic nitrogens is 1. The zero-order valence-electron chi connectivity index (χ0n) is 11.1. The molecular formula is C13H18N4OS. The Morgan fingerprint density at radius 1 is 1.47 bits per heavy atom. The Bertz CT molecular complexity index is 544. The number of anilines is 1. The van der Waals surface area contributed by atoms with Gasteiger partial charge in [0, 0.05) is 18.8 Å². The van der Waals surface area contributed by atoms with Crippen molar-refractivity contribution in [2.45, 2.75) is 20.3 Å². The number of amides is 1. The third-order valence-corrected chi connectivity index (χ3v) is 3.67. The van der Waals surface area contributed by atoms with E-state index in [9.17, 15) is 4.79 Å². The predicted octanol–water partition coefficient (Wildman–Crippen LogP) is 0.644. The van der Waals surface area contributed by atoms with E-state index in [1.165, 1.54) is 0 Å². The standard InChI is InChI=1S/C13H18N4OS/c1-7-5-8(2)16-13(10(7)12(15)19)17-4-3-9(6-17)11(14)18/h5,9H,3-4,6H2,1-2H3,(H2,14,18)(H2,15,19). The molecule has 1 saturated heterocycles. The minimum absolute atomic E-state index is 0.123. The smallest absolute Gasteiger partial charge is 0.222 e. The molecule has 1 amide bonds. The van der Waals surface area contributed by atoms with Crippen LogP contribution in [0, 0.1) is 19.8 Å². The van der Waals surface area contributed by atoms with Crippen molar-refractivity contribution in [3.8, 4) is 0 Å². The number of nitrogens with two attached hydrogens (primary N) is 2. The largest absolute Gasteiger partial charge is 0.389 e. The molecule has 2 rings (SSSR count). The molecule has 2 heterocycles. The van der Waals surface area contributed by atoms with Gasteiger partial charge in [-0.1, -0.05) is 12.2 Å². The number of primary amides is 1. The Hall–Kier alpha value is -1.69. The average molecular weight is 278 g/mol. The van der Waals surface area contributed by atoms with E-state index in [0.717, 1.165) is 35.6 Å².